The molecule has 0 bridgehead atoms. The molecule has 3 amide bonds. The normalized spacial score (nSPS) is 17.4. The molecule has 5 aromatic rings. The average molecular weight is 814 g/mol. The molecular weight excluding hydrogens is 759 g/mol. The second-order valence-electron chi connectivity index (χ2n) is 16.1. The lowest BCUT2D eigenvalue weighted by Gasteiger charge is -2.46. The maximum atomic E-state index is 13.9. The third-order valence-corrected chi connectivity index (χ3v) is 16.2. The maximum absolute atomic E-state index is 13.9. The summed E-state index contributed by atoms with van der Waals surface area (Å²) in [4.78, 5) is 40.3. The van der Waals surface area contributed by atoms with Crippen molar-refractivity contribution in [2.75, 3.05) is 25.6 Å². The van der Waals surface area contributed by atoms with E-state index in [2.05, 4.69) is 55.7 Å². The number of benzene rings is 5. The molecule has 3 N–H and O–H groups in total. The first-order valence-corrected chi connectivity index (χ1v) is 22.1. The van der Waals surface area contributed by atoms with E-state index < -0.39 is 50.7 Å². The number of carboxylic acid groups (broad SMARTS) is 1. The lowest BCUT2D eigenvalue weighted by atomic mass is 9.99. The van der Waals surface area contributed by atoms with Crippen LogP contribution in [0.15, 0.2) is 140 Å². The highest BCUT2D eigenvalue weighted by Crippen LogP contribution is 2.37. The van der Waals surface area contributed by atoms with Crippen LogP contribution in [0.25, 0.3) is 11.1 Å². The van der Waals surface area contributed by atoms with Gasteiger partial charge in [0, 0.05) is 12.1 Å². The number of alkyl carbamates (subject to hydrolysis) is 1. The summed E-state index contributed by atoms with van der Waals surface area (Å²) in [5.74, 6) is -0.393. The number of nitrogens with one attached hydrogen (secondary N) is 2. The van der Waals surface area contributed by atoms with Gasteiger partial charge in [0.1, 0.15) is 12.1 Å². The van der Waals surface area contributed by atoms with Crippen LogP contribution in [0.2, 0.25) is 5.04 Å². The number of morpholine rings is 1. The molecule has 5 aromatic carbocycles. The number of carbonyl (C=O) groups is 3. The van der Waals surface area contributed by atoms with Crippen molar-refractivity contribution in [2.24, 2.45) is 0 Å². The van der Waals surface area contributed by atoms with E-state index in [1.165, 1.54) is 12.0 Å². The Labute approximate surface area is 348 Å². The molecule has 1 aliphatic heterocycles. The number of nitrogens with zero attached hydrogens (tertiary/aromatic N) is 1. The Morgan fingerprint density at radius 3 is 1.95 bits per heavy atom. The van der Waals surface area contributed by atoms with Crippen LogP contribution in [0.1, 0.15) is 45.2 Å². The zero-order valence-electron chi connectivity index (χ0n) is 34.5. The van der Waals surface area contributed by atoms with Gasteiger partial charge in [-0.25, -0.2) is 9.59 Å². The molecule has 1 heterocycles. The van der Waals surface area contributed by atoms with E-state index in [9.17, 15) is 19.5 Å². The number of hydrogen-bond donors (Lipinski definition) is 3. The largest absolute Gasteiger partial charge is 0.465 e. The van der Waals surface area contributed by atoms with Crippen molar-refractivity contribution in [3.8, 4) is 11.1 Å². The first-order chi connectivity index (χ1) is 28.4. The van der Waals surface area contributed by atoms with Crippen molar-refractivity contribution in [3.63, 3.8) is 0 Å². The molecule has 0 aromatic heterocycles. The zero-order valence-corrected chi connectivity index (χ0v) is 35.5. The Hall–Kier alpha value is -5.75. The van der Waals surface area contributed by atoms with Gasteiger partial charge in [-0.2, -0.15) is 0 Å². The van der Waals surface area contributed by atoms with Crippen LogP contribution in [-0.2, 0) is 31.5 Å². The van der Waals surface area contributed by atoms with E-state index in [1.54, 1.807) is 0 Å². The molecule has 59 heavy (non-hydrogen) atoms. The Morgan fingerprint density at radius 1 is 0.814 bits per heavy atom. The molecule has 6 rings (SSSR count). The summed E-state index contributed by atoms with van der Waals surface area (Å²) in [6.07, 6.45) is -1.42. The lowest BCUT2D eigenvalue weighted by molar-refractivity contribution is -0.121. The topological polar surface area (TPSA) is 126 Å². The Morgan fingerprint density at radius 2 is 1.37 bits per heavy atom. The minimum absolute atomic E-state index is 0.203. The SMILES string of the molecule is COC(=O)N[C@@H](Cc1ccc(-c2ccccc2)cc1)C(=O)Nc1ccccc1CC[C@@H]1CN(C(=O)O)C(C)C(CO[Si](c2ccccc2)(c2ccccc2)C(C)(C)C)O1. The van der Waals surface area contributed by atoms with E-state index in [0.717, 1.165) is 32.6 Å². The fraction of sp³-hybridized carbons (Fsp3) is 0.312. The first kappa shape index (κ1) is 42.8. The van der Waals surface area contributed by atoms with Crippen molar-refractivity contribution < 1.29 is 33.4 Å². The number of amides is 3. The summed E-state index contributed by atoms with van der Waals surface area (Å²) in [5, 5.41) is 18.1. The van der Waals surface area contributed by atoms with Gasteiger partial charge in [0.05, 0.1) is 32.4 Å². The molecule has 0 aliphatic carbocycles. The highest BCUT2D eigenvalue weighted by atomic mass is 28.4. The van der Waals surface area contributed by atoms with Gasteiger partial charge in [0.25, 0.3) is 8.32 Å². The average Bonchev–Trinajstić information content (AvgIpc) is 3.24. The summed E-state index contributed by atoms with van der Waals surface area (Å²) in [7, 11) is -1.65. The van der Waals surface area contributed by atoms with Crippen LogP contribution in [0, 0.1) is 0 Å². The highest BCUT2D eigenvalue weighted by molar-refractivity contribution is 6.99. The maximum Gasteiger partial charge on any atom is 0.407 e. The Kier molecular flexibility index (Phi) is 14.0. The van der Waals surface area contributed by atoms with Crippen molar-refractivity contribution in [2.45, 2.75) is 76.3 Å². The van der Waals surface area contributed by atoms with Crippen molar-refractivity contribution in [1.29, 1.82) is 0 Å². The number of methoxy groups -OCH3 is 1. The van der Waals surface area contributed by atoms with E-state index >= 15 is 0 Å². The predicted molar refractivity (Wildman–Crippen MR) is 235 cm³/mol. The van der Waals surface area contributed by atoms with Gasteiger partial charge in [-0.1, -0.05) is 154 Å². The highest BCUT2D eigenvalue weighted by Gasteiger charge is 2.51. The summed E-state index contributed by atoms with van der Waals surface area (Å²) >= 11 is 0. The quantitative estimate of drug-likeness (QED) is 0.0974. The Bertz CT molecular complexity index is 2110. The van der Waals surface area contributed by atoms with Gasteiger partial charge >= 0.3 is 12.2 Å². The molecule has 4 atom stereocenters. The molecule has 0 saturated carbocycles. The van der Waals surface area contributed by atoms with E-state index in [4.69, 9.17) is 13.9 Å². The summed E-state index contributed by atoms with van der Waals surface area (Å²) < 4.78 is 18.8. The number of anilines is 1. The first-order valence-electron chi connectivity index (χ1n) is 20.2. The van der Waals surface area contributed by atoms with Crippen molar-refractivity contribution >= 4 is 42.5 Å². The van der Waals surface area contributed by atoms with E-state index in [0.29, 0.717) is 18.5 Å². The van der Waals surface area contributed by atoms with Gasteiger partial charge in [0.2, 0.25) is 5.91 Å². The van der Waals surface area contributed by atoms with Crippen molar-refractivity contribution in [1.82, 2.24) is 10.2 Å². The van der Waals surface area contributed by atoms with Gasteiger partial charge in [-0.05, 0) is 63.5 Å². The molecule has 308 valence electrons. The van der Waals surface area contributed by atoms with Crippen LogP contribution in [0.4, 0.5) is 15.3 Å². The number of aryl methyl sites for hydroxylation is 1. The predicted octanol–water partition coefficient (Wildman–Crippen LogP) is 7.90. The molecule has 0 spiro atoms. The second kappa shape index (κ2) is 19.3. The number of para-hydroxylation sites is 1. The van der Waals surface area contributed by atoms with Crippen LogP contribution < -0.4 is 21.0 Å². The molecular formula is C48H55N3O7Si. The fourth-order valence-electron chi connectivity index (χ4n) is 8.06. The zero-order chi connectivity index (χ0) is 42.0. The molecule has 10 nitrogen and oxygen atoms in total. The number of ether oxygens (including phenoxy) is 2. The standard InChI is InChI=1S/C48H55N3O7Si/c1-34-44(33-57-59(48(2,3)4,40-20-11-7-12-21-40)41-22-13-8-14-23-41)58-39(32-51(34)47(54)55)30-29-38-19-15-16-24-42(38)49-45(52)43(50-46(53)56-5)31-35-25-27-37(28-26-35)36-17-9-6-10-18-36/h6-28,34,39,43-44H,29-33H2,1-5H3,(H,49,52)(H,50,53)(H,54,55)/t34?,39-,43+,44?/m1/s1. The smallest absolute Gasteiger partial charge is 0.407 e. The monoisotopic (exact) mass is 813 g/mol. The van der Waals surface area contributed by atoms with Gasteiger partial charge < -0.3 is 34.5 Å². The third kappa shape index (κ3) is 10.3. The van der Waals surface area contributed by atoms with Crippen LogP contribution >= 0.6 is 0 Å². The van der Waals surface area contributed by atoms with Crippen LogP contribution in [0.5, 0.6) is 0 Å². The number of rotatable bonds is 14. The van der Waals surface area contributed by atoms with Gasteiger partial charge in [0.15, 0.2) is 0 Å². The molecule has 1 saturated heterocycles. The minimum Gasteiger partial charge on any atom is -0.465 e. The third-order valence-electron chi connectivity index (χ3n) is 11.2. The number of hydrogen-bond acceptors (Lipinski definition) is 6. The Balaban J connectivity index is 1.17. The summed E-state index contributed by atoms with van der Waals surface area (Å²) in [6.45, 7) is 8.93. The molecule has 0 radical (unpaired) electrons. The second-order valence-corrected chi connectivity index (χ2v) is 20.4. The van der Waals surface area contributed by atoms with Crippen LogP contribution in [0.3, 0.4) is 0 Å². The summed E-state index contributed by atoms with van der Waals surface area (Å²) in [6, 6.07) is 44.8. The van der Waals surface area contributed by atoms with Gasteiger partial charge in [-0.15, -0.1) is 0 Å². The minimum atomic E-state index is -2.91. The fourth-order valence-corrected chi connectivity index (χ4v) is 12.6. The van der Waals surface area contributed by atoms with Gasteiger partial charge in [-0.3, -0.25) is 4.79 Å². The van der Waals surface area contributed by atoms with Crippen LogP contribution in [-0.4, -0.2) is 81.0 Å². The molecule has 1 fully saturated rings. The number of carbonyl (C=O) groups excluding carboxylic acids is 2. The molecule has 1 aliphatic rings. The summed E-state index contributed by atoms with van der Waals surface area (Å²) in [5.41, 5.74) is 4.45. The van der Waals surface area contributed by atoms with Crippen molar-refractivity contribution in [3.05, 3.63) is 151 Å². The molecule has 11 heteroatoms. The van der Waals surface area contributed by atoms with E-state index in [-0.39, 0.29) is 24.6 Å². The van der Waals surface area contributed by atoms with E-state index in [1.807, 2.05) is 122 Å². The molecule has 2 unspecified atom stereocenters. The lowest BCUT2D eigenvalue weighted by Crippen LogP contribution is -2.68.